The summed E-state index contributed by atoms with van der Waals surface area (Å²) in [6.45, 7) is 3.35. The molecule has 1 fully saturated rings. The second kappa shape index (κ2) is 5.66. The number of methoxy groups -OCH3 is 1. The summed E-state index contributed by atoms with van der Waals surface area (Å²) in [5, 5.41) is 12.0. The lowest BCUT2D eigenvalue weighted by Gasteiger charge is -2.19. The minimum absolute atomic E-state index is 0.00511. The van der Waals surface area contributed by atoms with E-state index in [1.54, 1.807) is 21.0 Å². The number of hydrogen-bond donors (Lipinski definition) is 3. The molecule has 2 atom stereocenters. The number of carboxylic acid groups (broad SMARTS) is 1. The Balaban J connectivity index is 2.19. The van der Waals surface area contributed by atoms with Crippen LogP contribution in [0.15, 0.2) is 0 Å². The number of amides is 1. The second-order valence-electron chi connectivity index (χ2n) is 5.22. The molecule has 0 aromatic carbocycles. The molecule has 1 heterocycles. The number of aromatic nitrogens is 1. The van der Waals surface area contributed by atoms with Gasteiger partial charge < -0.3 is 20.1 Å². The van der Waals surface area contributed by atoms with Crippen LogP contribution in [-0.4, -0.2) is 41.2 Å². The molecule has 1 aromatic rings. The van der Waals surface area contributed by atoms with E-state index in [0.717, 1.165) is 19.3 Å². The predicted molar refractivity (Wildman–Crippen MR) is 73.1 cm³/mol. The van der Waals surface area contributed by atoms with Gasteiger partial charge in [-0.1, -0.05) is 0 Å². The Bertz CT molecular complexity index is 536. The van der Waals surface area contributed by atoms with Gasteiger partial charge in [0.25, 0.3) is 5.91 Å². The van der Waals surface area contributed by atoms with Gasteiger partial charge in [-0.3, -0.25) is 4.79 Å². The van der Waals surface area contributed by atoms with E-state index in [4.69, 9.17) is 9.84 Å². The van der Waals surface area contributed by atoms with Crippen molar-refractivity contribution < 1.29 is 19.4 Å². The summed E-state index contributed by atoms with van der Waals surface area (Å²) in [5.74, 6) is -1.29. The zero-order valence-corrected chi connectivity index (χ0v) is 11.9. The predicted octanol–water partition coefficient (Wildman–Crippen LogP) is 1.63. The van der Waals surface area contributed by atoms with E-state index in [1.807, 2.05) is 0 Å². The van der Waals surface area contributed by atoms with Crippen molar-refractivity contribution >= 4 is 11.9 Å². The van der Waals surface area contributed by atoms with Crippen LogP contribution in [-0.2, 0) is 4.74 Å². The summed E-state index contributed by atoms with van der Waals surface area (Å²) in [5.41, 5.74) is 1.54. The molecule has 2 unspecified atom stereocenters. The highest BCUT2D eigenvalue weighted by Gasteiger charge is 2.30. The molecule has 6 heteroatoms. The highest BCUT2D eigenvalue weighted by Crippen LogP contribution is 2.23. The summed E-state index contributed by atoms with van der Waals surface area (Å²) in [6.07, 6.45) is 2.89. The van der Waals surface area contributed by atoms with E-state index >= 15 is 0 Å². The summed E-state index contributed by atoms with van der Waals surface area (Å²) in [4.78, 5) is 26.2. The lowest BCUT2D eigenvalue weighted by molar-refractivity contribution is 0.0690. The third-order valence-corrected chi connectivity index (χ3v) is 3.95. The van der Waals surface area contributed by atoms with Crippen molar-refractivity contribution in [1.29, 1.82) is 0 Å². The fourth-order valence-corrected chi connectivity index (χ4v) is 2.92. The average molecular weight is 280 g/mol. The van der Waals surface area contributed by atoms with Gasteiger partial charge in [-0.2, -0.15) is 0 Å². The van der Waals surface area contributed by atoms with Crippen molar-refractivity contribution in [2.24, 2.45) is 0 Å². The van der Waals surface area contributed by atoms with Gasteiger partial charge in [-0.15, -0.1) is 0 Å². The summed E-state index contributed by atoms with van der Waals surface area (Å²) >= 11 is 0. The first-order chi connectivity index (χ1) is 9.45. The van der Waals surface area contributed by atoms with Crippen LogP contribution in [0, 0.1) is 13.8 Å². The second-order valence-corrected chi connectivity index (χ2v) is 5.22. The maximum absolute atomic E-state index is 12.4. The Morgan fingerprint density at radius 1 is 1.35 bits per heavy atom. The van der Waals surface area contributed by atoms with Gasteiger partial charge >= 0.3 is 5.97 Å². The molecule has 1 saturated carbocycles. The number of H-pyrrole nitrogens is 1. The topological polar surface area (TPSA) is 91.4 Å². The molecule has 20 heavy (non-hydrogen) atoms. The first-order valence-corrected chi connectivity index (χ1v) is 6.71. The molecule has 110 valence electrons. The number of aromatic amines is 1. The van der Waals surface area contributed by atoms with Gasteiger partial charge in [-0.25, -0.2) is 4.79 Å². The molecule has 6 nitrogen and oxygen atoms in total. The Hall–Kier alpha value is -1.82. The third-order valence-electron chi connectivity index (χ3n) is 3.95. The number of carbonyl (C=O) groups excluding carboxylic acids is 1. The number of carboxylic acids is 1. The van der Waals surface area contributed by atoms with Crippen molar-refractivity contribution in [3.8, 4) is 0 Å². The smallest absolute Gasteiger partial charge is 0.352 e. The summed E-state index contributed by atoms with van der Waals surface area (Å²) in [6, 6.07) is -0.00511. The zero-order chi connectivity index (χ0) is 14.9. The first kappa shape index (κ1) is 14.6. The number of carbonyl (C=O) groups is 2. The van der Waals surface area contributed by atoms with E-state index in [0.29, 0.717) is 16.8 Å². The maximum Gasteiger partial charge on any atom is 0.352 e. The number of hydrogen-bond acceptors (Lipinski definition) is 3. The van der Waals surface area contributed by atoms with Gasteiger partial charge in [-0.05, 0) is 38.7 Å². The van der Waals surface area contributed by atoms with Gasteiger partial charge in [0.2, 0.25) is 0 Å². The molecule has 0 saturated heterocycles. The van der Waals surface area contributed by atoms with Crippen LogP contribution in [0.1, 0.15) is 51.4 Å². The van der Waals surface area contributed by atoms with Crippen LogP contribution in [0.2, 0.25) is 0 Å². The number of aromatic carboxylic acids is 1. The average Bonchev–Trinajstić information content (AvgIpc) is 2.93. The van der Waals surface area contributed by atoms with Crippen LogP contribution < -0.4 is 5.32 Å². The van der Waals surface area contributed by atoms with Crippen molar-refractivity contribution in [2.45, 2.75) is 45.3 Å². The quantitative estimate of drug-likeness (QED) is 0.781. The van der Waals surface area contributed by atoms with Gasteiger partial charge in [0.05, 0.1) is 17.7 Å². The van der Waals surface area contributed by atoms with E-state index in [1.165, 1.54) is 0 Å². The van der Waals surface area contributed by atoms with E-state index in [9.17, 15) is 9.59 Å². The largest absolute Gasteiger partial charge is 0.477 e. The molecule has 3 N–H and O–H groups in total. The molecule has 1 amide bonds. The molecule has 1 aromatic heterocycles. The fraction of sp³-hybridized carbons (Fsp3) is 0.571. The van der Waals surface area contributed by atoms with Gasteiger partial charge in [0, 0.05) is 12.8 Å². The molecular formula is C14H20N2O4. The Kier molecular flexibility index (Phi) is 4.13. The fourth-order valence-electron chi connectivity index (χ4n) is 2.92. The lowest BCUT2D eigenvalue weighted by Crippen LogP contribution is -2.41. The monoisotopic (exact) mass is 280 g/mol. The number of rotatable bonds is 4. The highest BCUT2D eigenvalue weighted by atomic mass is 16.5. The molecule has 0 bridgehead atoms. The molecule has 1 aliphatic rings. The lowest BCUT2D eigenvalue weighted by atomic mass is 10.1. The van der Waals surface area contributed by atoms with Gasteiger partial charge in [0.1, 0.15) is 5.69 Å². The molecule has 0 radical (unpaired) electrons. The third kappa shape index (κ3) is 2.56. The van der Waals surface area contributed by atoms with Crippen molar-refractivity contribution in [1.82, 2.24) is 10.3 Å². The molecule has 2 rings (SSSR count). The van der Waals surface area contributed by atoms with Crippen LogP contribution in [0.25, 0.3) is 0 Å². The van der Waals surface area contributed by atoms with Crippen LogP contribution >= 0.6 is 0 Å². The molecular weight excluding hydrogens is 260 g/mol. The van der Waals surface area contributed by atoms with Crippen molar-refractivity contribution in [2.75, 3.05) is 7.11 Å². The SMILES string of the molecule is COC1CCCC1NC(=O)c1c(C)[nH]c(C(=O)O)c1C. The minimum Gasteiger partial charge on any atom is -0.477 e. The summed E-state index contributed by atoms with van der Waals surface area (Å²) < 4.78 is 5.35. The molecule has 0 spiro atoms. The maximum atomic E-state index is 12.4. The first-order valence-electron chi connectivity index (χ1n) is 6.71. The van der Waals surface area contributed by atoms with Crippen molar-refractivity contribution in [3.05, 3.63) is 22.5 Å². The van der Waals surface area contributed by atoms with Gasteiger partial charge in [0.15, 0.2) is 0 Å². The standard InChI is InChI=1S/C14H20N2O4/c1-7-11(8(2)15-12(7)14(18)19)13(17)16-9-5-4-6-10(9)20-3/h9-10,15H,4-6H2,1-3H3,(H,16,17)(H,18,19). The minimum atomic E-state index is -1.06. The Labute approximate surface area is 117 Å². The highest BCUT2D eigenvalue weighted by molar-refractivity contribution is 6.01. The van der Waals surface area contributed by atoms with E-state index in [2.05, 4.69) is 10.3 Å². The molecule has 1 aliphatic carbocycles. The van der Waals surface area contributed by atoms with Crippen LogP contribution in [0.4, 0.5) is 0 Å². The zero-order valence-electron chi connectivity index (χ0n) is 11.9. The Morgan fingerprint density at radius 3 is 2.60 bits per heavy atom. The van der Waals surface area contributed by atoms with Crippen LogP contribution in [0.5, 0.6) is 0 Å². The molecule has 0 aliphatic heterocycles. The van der Waals surface area contributed by atoms with Crippen molar-refractivity contribution in [3.63, 3.8) is 0 Å². The van der Waals surface area contributed by atoms with E-state index < -0.39 is 5.97 Å². The van der Waals surface area contributed by atoms with E-state index in [-0.39, 0.29) is 23.7 Å². The number of aryl methyl sites for hydroxylation is 1. The summed E-state index contributed by atoms with van der Waals surface area (Å²) in [7, 11) is 1.64. The Morgan fingerprint density at radius 2 is 2.05 bits per heavy atom. The number of nitrogens with one attached hydrogen (secondary N) is 2. The van der Waals surface area contributed by atoms with Crippen LogP contribution in [0.3, 0.4) is 0 Å². The normalized spacial score (nSPS) is 21.9. The number of ether oxygens (including phenoxy) is 1.